The summed E-state index contributed by atoms with van der Waals surface area (Å²) in [5.74, 6) is -0.894. The lowest BCUT2D eigenvalue weighted by molar-refractivity contribution is -0.142. The van der Waals surface area contributed by atoms with E-state index in [2.05, 4.69) is 0 Å². The second kappa shape index (κ2) is 17.5. The van der Waals surface area contributed by atoms with Crippen LogP contribution in [0.1, 0.15) is 25.0 Å². The predicted molar refractivity (Wildman–Crippen MR) is 115 cm³/mol. The van der Waals surface area contributed by atoms with Gasteiger partial charge in [0, 0.05) is 6.61 Å². The van der Waals surface area contributed by atoms with Gasteiger partial charge in [-0.3, -0.25) is 18.7 Å². The Kier molecular flexibility index (Phi) is 16.9. The van der Waals surface area contributed by atoms with E-state index in [1.54, 1.807) is 50.2 Å². The molecule has 6 N–H and O–H groups in total. The van der Waals surface area contributed by atoms with Crippen molar-refractivity contribution in [3.05, 3.63) is 59.7 Å². The van der Waals surface area contributed by atoms with Gasteiger partial charge in [0.05, 0.1) is 19.4 Å². The van der Waals surface area contributed by atoms with Crippen molar-refractivity contribution in [2.75, 3.05) is 13.2 Å². The number of phenolic OH excluding ortho intramolecular Hbond substituents is 2. The molecule has 2 aromatic carbocycles. The van der Waals surface area contributed by atoms with E-state index in [9.17, 15) is 9.59 Å². The van der Waals surface area contributed by atoms with Gasteiger partial charge in [0.1, 0.15) is 11.5 Å². The molecule has 0 saturated heterocycles. The quantitative estimate of drug-likeness (QED) is 0.272. The van der Waals surface area contributed by atoms with Crippen molar-refractivity contribution in [2.45, 2.75) is 26.7 Å². The Labute approximate surface area is 186 Å². The van der Waals surface area contributed by atoms with Crippen LogP contribution in [0.15, 0.2) is 48.5 Å². The van der Waals surface area contributed by atoms with Gasteiger partial charge in [0.25, 0.3) is 0 Å². The molecular formula is C20H28O11S. The molecule has 0 heterocycles. The fraction of sp³-hybridized carbons (Fsp3) is 0.300. The van der Waals surface area contributed by atoms with E-state index in [1.807, 2.05) is 0 Å². The summed E-state index contributed by atoms with van der Waals surface area (Å²) >= 11 is 0. The lowest BCUT2D eigenvalue weighted by atomic mass is 10.1. The highest BCUT2D eigenvalue weighted by atomic mass is 32.3. The van der Waals surface area contributed by atoms with Crippen molar-refractivity contribution in [1.29, 1.82) is 0 Å². The van der Waals surface area contributed by atoms with Gasteiger partial charge in [-0.25, -0.2) is 0 Å². The number of hydrogen-bond donors (Lipinski definition) is 6. The highest BCUT2D eigenvalue weighted by molar-refractivity contribution is 7.79. The number of ether oxygens (including phenoxy) is 1. The highest BCUT2D eigenvalue weighted by Gasteiger charge is 2.03. The number of phenols is 2. The van der Waals surface area contributed by atoms with Gasteiger partial charge in [-0.15, -0.1) is 0 Å². The van der Waals surface area contributed by atoms with E-state index in [0.29, 0.717) is 12.2 Å². The Hall–Kier alpha value is -3.19. The van der Waals surface area contributed by atoms with E-state index in [1.165, 1.54) is 12.1 Å². The zero-order valence-corrected chi connectivity index (χ0v) is 18.4. The van der Waals surface area contributed by atoms with Gasteiger partial charge in [-0.05, 0) is 49.2 Å². The molecule has 0 bridgehead atoms. The molecule has 0 atom stereocenters. The SMILES string of the molecule is CCO.CCOC(=O)Cc1cccc(O)c1.O=C(O)Cc1cccc(O)c1.O=S(=O)(O)O. The minimum Gasteiger partial charge on any atom is -0.508 e. The van der Waals surface area contributed by atoms with Crippen LogP contribution < -0.4 is 0 Å². The number of esters is 1. The number of carboxylic acids is 1. The summed E-state index contributed by atoms with van der Waals surface area (Å²) in [6, 6.07) is 12.8. The number of carbonyl (C=O) groups is 2. The number of rotatable bonds is 5. The van der Waals surface area contributed by atoms with Gasteiger partial charge in [0.2, 0.25) is 0 Å². The summed E-state index contributed by atoms with van der Waals surface area (Å²) in [5.41, 5.74) is 1.37. The van der Waals surface area contributed by atoms with Gasteiger partial charge in [-0.2, -0.15) is 8.42 Å². The Balaban J connectivity index is 0. The molecular weight excluding hydrogens is 448 g/mol. The molecule has 11 nitrogen and oxygen atoms in total. The number of benzene rings is 2. The molecule has 2 rings (SSSR count). The first-order valence-electron chi connectivity index (χ1n) is 9.06. The zero-order valence-electron chi connectivity index (χ0n) is 17.6. The largest absolute Gasteiger partial charge is 0.508 e. The number of aromatic hydroxyl groups is 2. The molecule has 0 saturated carbocycles. The van der Waals surface area contributed by atoms with E-state index < -0.39 is 16.4 Å². The standard InChI is InChI=1S/C10H12O3.C8H8O3.C2H6O.H2O4S/c1-2-13-10(12)7-8-4-3-5-9(11)6-8;9-7-3-1-2-6(4-7)5-8(10)11;1-2-3;1-5(2,3)4/h3-6,11H,2,7H2,1H3;1-4,9H,5H2,(H,10,11);3H,2H2,1H3;(H2,1,2,3,4). The predicted octanol–water partition coefficient (Wildman–Crippen LogP) is 1.86. The summed E-state index contributed by atoms with van der Waals surface area (Å²) in [4.78, 5) is 21.2. The molecule has 0 spiro atoms. The van der Waals surface area contributed by atoms with Crippen LogP contribution in [0.5, 0.6) is 11.5 Å². The van der Waals surface area contributed by atoms with Gasteiger partial charge in [0.15, 0.2) is 0 Å². The third-order valence-electron chi connectivity index (χ3n) is 2.83. The van der Waals surface area contributed by atoms with Crippen LogP contribution in [0.3, 0.4) is 0 Å². The average molecular weight is 477 g/mol. The minimum absolute atomic E-state index is 0.0472. The smallest absolute Gasteiger partial charge is 0.394 e. The maximum absolute atomic E-state index is 11.0. The number of carboxylic acid groups (broad SMARTS) is 1. The van der Waals surface area contributed by atoms with E-state index in [0.717, 1.165) is 5.56 Å². The first kappa shape index (κ1) is 31.0. The van der Waals surface area contributed by atoms with Crippen molar-refractivity contribution in [3.8, 4) is 11.5 Å². The number of aliphatic carboxylic acids is 1. The molecule has 0 fully saturated rings. The zero-order chi connectivity index (χ0) is 25.2. The van der Waals surface area contributed by atoms with E-state index in [4.69, 9.17) is 42.7 Å². The first-order chi connectivity index (χ1) is 14.8. The monoisotopic (exact) mass is 476 g/mol. The van der Waals surface area contributed by atoms with Crippen LogP contribution in [0, 0.1) is 0 Å². The van der Waals surface area contributed by atoms with Gasteiger partial charge in [-0.1, -0.05) is 24.3 Å². The Morgan fingerprint density at radius 2 is 1.25 bits per heavy atom. The van der Waals surface area contributed by atoms with Crippen LogP contribution >= 0.6 is 0 Å². The van der Waals surface area contributed by atoms with Crippen molar-refractivity contribution >= 4 is 22.3 Å². The van der Waals surface area contributed by atoms with Crippen molar-refractivity contribution in [3.63, 3.8) is 0 Å². The van der Waals surface area contributed by atoms with Crippen molar-refractivity contribution in [1.82, 2.24) is 0 Å². The van der Waals surface area contributed by atoms with E-state index >= 15 is 0 Å². The topological polar surface area (TPSA) is 199 Å². The van der Waals surface area contributed by atoms with Crippen LogP contribution in [-0.2, 0) is 37.6 Å². The number of hydrogen-bond acceptors (Lipinski definition) is 8. The molecule has 0 aliphatic heterocycles. The van der Waals surface area contributed by atoms with E-state index in [-0.39, 0.29) is 36.9 Å². The van der Waals surface area contributed by atoms with Crippen LogP contribution in [-0.4, -0.2) is 63.1 Å². The van der Waals surface area contributed by atoms with Crippen LogP contribution in [0.25, 0.3) is 0 Å². The molecule has 0 amide bonds. The maximum atomic E-state index is 11.0. The molecule has 0 aliphatic rings. The molecule has 0 aromatic heterocycles. The Morgan fingerprint density at radius 1 is 0.875 bits per heavy atom. The molecule has 0 aliphatic carbocycles. The number of aliphatic hydroxyl groups excluding tert-OH is 1. The second-order valence-electron chi connectivity index (χ2n) is 5.66. The Morgan fingerprint density at radius 3 is 1.56 bits per heavy atom. The van der Waals surface area contributed by atoms with Gasteiger partial charge >= 0.3 is 22.3 Å². The Bertz CT molecular complexity index is 903. The third-order valence-corrected chi connectivity index (χ3v) is 2.83. The summed E-state index contributed by atoms with van der Waals surface area (Å²) in [5, 5.41) is 34.0. The molecule has 0 unspecified atom stereocenters. The fourth-order valence-electron chi connectivity index (χ4n) is 1.89. The van der Waals surface area contributed by atoms with Crippen LogP contribution in [0.2, 0.25) is 0 Å². The van der Waals surface area contributed by atoms with Crippen molar-refractivity contribution < 1.29 is 52.3 Å². The minimum atomic E-state index is -4.67. The fourth-order valence-corrected chi connectivity index (χ4v) is 1.89. The molecule has 2 aromatic rings. The summed E-state index contributed by atoms with van der Waals surface area (Å²) < 4.78 is 36.3. The summed E-state index contributed by atoms with van der Waals surface area (Å²) in [7, 11) is -4.67. The van der Waals surface area contributed by atoms with Crippen molar-refractivity contribution in [2.24, 2.45) is 0 Å². The average Bonchev–Trinajstić information content (AvgIpc) is 2.61. The lowest BCUT2D eigenvalue weighted by Crippen LogP contribution is -2.07. The first-order valence-corrected chi connectivity index (χ1v) is 10.5. The summed E-state index contributed by atoms with van der Waals surface area (Å²) in [6.45, 7) is 4.08. The molecule has 32 heavy (non-hydrogen) atoms. The maximum Gasteiger partial charge on any atom is 0.394 e. The van der Waals surface area contributed by atoms with Crippen LogP contribution in [0.4, 0.5) is 0 Å². The summed E-state index contributed by atoms with van der Waals surface area (Å²) in [6.07, 6.45) is 0.163. The third kappa shape index (κ3) is 23.1. The number of carbonyl (C=O) groups excluding carboxylic acids is 1. The highest BCUT2D eigenvalue weighted by Crippen LogP contribution is 2.12. The molecule has 180 valence electrons. The lowest BCUT2D eigenvalue weighted by Gasteiger charge is -2.01. The second-order valence-corrected chi connectivity index (χ2v) is 6.55. The number of aliphatic hydroxyl groups is 1. The molecule has 12 heteroatoms. The molecule has 0 radical (unpaired) electrons. The normalized spacial score (nSPS) is 9.53. The van der Waals surface area contributed by atoms with Gasteiger partial charge < -0.3 is 25.2 Å².